The second-order valence-corrected chi connectivity index (χ2v) is 7.06. The first-order valence-electron chi connectivity index (χ1n) is 8.74. The normalized spacial score (nSPS) is 12.7. The molecule has 0 bridgehead atoms. The number of alkyl halides is 2. The fourth-order valence-corrected chi connectivity index (χ4v) is 2.69. The van der Waals surface area contributed by atoms with E-state index in [1.807, 2.05) is 36.4 Å². The zero-order valence-electron chi connectivity index (χ0n) is 15.3. The number of benzene rings is 2. The highest BCUT2D eigenvalue weighted by atomic mass is 35.5. The minimum atomic E-state index is -1.09. The van der Waals surface area contributed by atoms with E-state index in [0.717, 1.165) is 17.7 Å². The highest BCUT2D eigenvalue weighted by Gasteiger charge is 2.23. The van der Waals surface area contributed by atoms with E-state index >= 15 is 0 Å². The maximum absolute atomic E-state index is 12.3. The molecule has 0 fully saturated rings. The van der Waals surface area contributed by atoms with Crippen LogP contribution in [0.2, 0.25) is 0 Å². The maximum Gasteiger partial charge on any atom is 0.119 e. The van der Waals surface area contributed by atoms with Crippen LogP contribution in [0.5, 0.6) is 11.5 Å². The molecule has 26 heavy (non-hydrogen) atoms. The SMILES string of the molecule is CC(C)(c1ccc(OCCCCl)cc1)c1ccc(OC[C@@H](O)CF)cc1. The molecular weight excluding hydrogens is 355 g/mol. The number of hydrogen-bond donors (Lipinski definition) is 1. The zero-order valence-corrected chi connectivity index (χ0v) is 16.0. The van der Waals surface area contributed by atoms with Gasteiger partial charge in [0.2, 0.25) is 0 Å². The molecule has 0 aliphatic heterocycles. The average Bonchev–Trinajstić information content (AvgIpc) is 2.67. The van der Waals surface area contributed by atoms with Gasteiger partial charge in [0.25, 0.3) is 0 Å². The van der Waals surface area contributed by atoms with E-state index in [-0.39, 0.29) is 12.0 Å². The Kier molecular flexibility index (Phi) is 7.73. The number of hydrogen-bond acceptors (Lipinski definition) is 3. The van der Waals surface area contributed by atoms with Crippen LogP contribution in [0, 0.1) is 0 Å². The van der Waals surface area contributed by atoms with Crippen molar-refractivity contribution in [3.05, 3.63) is 59.7 Å². The Hall–Kier alpha value is -1.78. The van der Waals surface area contributed by atoms with Gasteiger partial charge >= 0.3 is 0 Å². The van der Waals surface area contributed by atoms with Crippen molar-refractivity contribution in [3.8, 4) is 11.5 Å². The van der Waals surface area contributed by atoms with Gasteiger partial charge < -0.3 is 14.6 Å². The Balaban J connectivity index is 2.04. The fourth-order valence-electron chi connectivity index (χ4n) is 2.58. The maximum atomic E-state index is 12.3. The molecular formula is C21H26ClFO3. The average molecular weight is 381 g/mol. The molecule has 2 rings (SSSR count). The van der Waals surface area contributed by atoms with Crippen LogP contribution in [-0.2, 0) is 5.41 Å². The predicted octanol–water partition coefficient (Wildman–Crippen LogP) is 4.73. The van der Waals surface area contributed by atoms with Crippen molar-refractivity contribution in [1.82, 2.24) is 0 Å². The summed E-state index contributed by atoms with van der Waals surface area (Å²) < 4.78 is 23.3. The van der Waals surface area contributed by atoms with E-state index in [2.05, 4.69) is 26.0 Å². The Morgan fingerprint density at radius 2 is 1.46 bits per heavy atom. The molecule has 1 N–H and O–H groups in total. The molecule has 3 nitrogen and oxygen atoms in total. The number of halogens is 2. The lowest BCUT2D eigenvalue weighted by Crippen LogP contribution is -2.20. The molecule has 0 amide bonds. The van der Waals surface area contributed by atoms with Crippen LogP contribution in [0.25, 0.3) is 0 Å². The Morgan fingerprint density at radius 1 is 0.962 bits per heavy atom. The summed E-state index contributed by atoms with van der Waals surface area (Å²) in [5, 5.41) is 9.23. The van der Waals surface area contributed by atoms with Gasteiger partial charge in [-0.25, -0.2) is 4.39 Å². The third kappa shape index (κ3) is 5.61. The Morgan fingerprint density at radius 3 is 1.92 bits per heavy atom. The van der Waals surface area contributed by atoms with E-state index in [4.69, 9.17) is 21.1 Å². The molecule has 0 aliphatic rings. The van der Waals surface area contributed by atoms with Gasteiger partial charge in [0.1, 0.15) is 30.9 Å². The molecule has 0 aromatic heterocycles. The summed E-state index contributed by atoms with van der Waals surface area (Å²) in [6.45, 7) is 4.06. The summed E-state index contributed by atoms with van der Waals surface area (Å²) in [6.07, 6.45) is -0.262. The quantitative estimate of drug-likeness (QED) is 0.478. The molecule has 142 valence electrons. The van der Waals surface area contributed by atoms with Gasteiger partial charge in [0.05, 0.1) is 6.61 Å². The molecule has 0 saturated heterocycles. The van der Waals surface area contributed by atoms with Gasteiger partial charge in [-0.1, -0.05) is 38.1 Å². The van der Waals surface area contributed by atoms with Crippen molar-refractivity contribution >= 4 is 11.6 Å². The first-order valence-corrected chi connectivity index (χ1v) is 9.27. The monoisotopic (exact) mass is 380 g/mol. The van der Waals surface area contributed by atoms with Crippen LogP contribution in [0.1, 0.15) is 31.4 Å². The van der Waals surface area contributed by atoms with Crippen molar-refractivity contribution in [2.75, 3.05) is 25.8 Å². The standard InChI is InChI=1S/C21H26ClFO3/c1-21(2,16-4-8-19(9-5-16)25-13-3-12-22)17-6-10-20(11-7-17)26-15-18(24)14-23/h4-11,18,24H,3,12-15H2,1-2H3/t18-/m0/s1. The van der Waals surface area contributed by atoms with Gasteiger partial charge in [0.15, 0.2) is 0 Å². The number of rotatable bonds is 10. The minimum absolute atomic E-state index is 0.0512. The van der Waals surface area contributed by atoms with Crippen LogP contribution in [0.15, 0.2) is 48.5 Å². The van der Waals surface area contributed by atoms with Crippen LogP contribution in [0.3, 0.4) is 0 Å². The van der Waals surface area contributed by atoms with Crippen LogP contribution in [-0.4, -0.2) is 37.0 Å². The van der Waals surface area contributed by atoms with Crippen molar-refractivity contribution in [3.63, 3.8) is 0 Å². The second-order valence-electron chi connectivity index (χ2n) is 6.68. The second kappa shape index (κ2) is 9.79. The first kappa shape index (κ1) is 20.5. The first-order chi connectivity index (χ1) is 12.5. The van der Waals surface area contributed by atoms with Crippen molar-refractivity contribution in [2.45, 2.75) is 31.8 Å². The topological polar surface area (TPSA) is 38.7 Å². The number of ether oxygens (including phenoxy) is 2. The van der Waals surface area contributed by atoms with E-state index in [1.165, 1.54) is 5.56 Å². The summed E-state index contributed by atoms with van der Waals surface area (Å²) >= 11 is 5.66. The molecule has 0 radical (unpaired) electrons. The van der Waals surface area contributed by atoms with Gasteiger partial charge in [-0.2, -0.15) is 0 Å². The van der Waals surface area contributed by atoms with Crippen molar-refractivity contribution in [1.29, 1.82) is 0 Å². The molecule has 0 heterocycles. The molecule has 5 heteroatoms. The minimum Gasteiger partial charge on any atom is -0.494 e. The van der Waals surface area contributed by atoms with Gasteiger partial charge in [-0.05, 0) is 41.8 Å². The predicted molar refractivity (Wildman–Crippen MR) is 103 cm³/mol. The summed E-state index contributed by atoms with van der Waals surface area (Å²) in [7, 11) is 0. The lowest BCUT2D eigenvalue weighted by Gasteiger charge is -2.26. The zero-order chi connectivity index (χ0) is 19.0. The van der Waals surface area contributed by atoms with E-state index in [0.29, 0.717) is 18.2 Å². The van der Waals surface area contributed by atoms with Crippen LogP contribution in [0.4, 0.5) is 4.39 Å². The molecule has 2 aromatic carbocycles. The lowest BCUT2D eigenvalue weighted by atomic mass is 9.78. The van der Waals surface area contributed by atoms with E-state index < -0.39 is 12.8 Å². The number of aliphatic hydroxyl groups is 1. The molecule has 1 atom stereocenters. The molecule has 0 spiro atoms. The third-order valence-corrected chi connectivity index (χ3v) is 4.59. The summed E-state index contributed by atoms with van der Waals surface area (Å²) in [6, 6.07) is 15.7. The van der Waals surface area contributed by atoms with Crippen molar-refractivity contribution in [2.24, 2.45) is 0 Å². The number of aliphatic hydroxyl groups excluding tert-OH is 1. The Bertz CT molecular complexity index is 656. The largest absolute Gasteiger partial charge is 0.494 e. The smallest absolute Gasteiger partial charge is 0.119 e. The summed E-state index contributed by atoms with van der Waals surface area (Å²) in [5.41, 5.74) is 2.11. The fraction of sp³-hybridized carbons (Fsp3) is 0.429. The third-order valence-electron chi connectivity index (χ3n) is 4.32. The van der Waals surface area contributed by atoms with Gasteiger partial charge in [-0.3, -0.25) is 0 Å². The van der Waals surface area contributed by atoms with E-state index in [9.17, 15) is 9.50 Å². The lowest BCUT2D eigenvalue weighted by molar-refractivity contribution is 0.0842. The van der Waals surface area contributed by atoms with E-state index in [1.54, 1.807) is 0 Å². The molecule has 2 aromatic rings. The highest BCUT2D eigenvalue weighted by molar-refractivity contribution is 6.17. The van der Waals surface area contributed by atoms with Crippen molar-refractivity contribution < 1.29 is 19.0 Å². The molecule has 0 saturated carbocycles. The highest BCUT2D eigenvalue weighted by Crippen LogP contribution is 2.33. The summed E-state index contributed by atoms with van der Waals surface area (Å²) in [4.78, 5) is 0. The Labute approximate surface area is 159 Å². The molecule has 0 aliphatic carbocycles. The molecule has 0 unspecified atom stereocenters. The van der Waals surface area contributed by atoms with Crippen LogP contribution >= 0.6 is 11.6 Å². The van der Waals surface area contributed by atoms with Gasteiger partial charge in [-0.15, -0.1) is 11.6 Å². The summed E-state index contributed by atoms with van der Waals surface area (Å²) in [5.74, 6) is 2.04. The van der Waals surface area contributed by atoms with Gasteiger partial charge in [0, 0.05) is 11.3 Å². The van der Waals surface area contributed by atoms with Crippen LogP contribution < -0.4 is 9.47 Å².